The summed E-state index contributed by atoms with van der Waals surface area (Å²) in [6.07, 6.45) is 1.51. The summed E-state index contributed by atoms with van der Waals surface area (Å²) in [7, 11) is 0. The number of para-hydroxylation sites is 2. The van der Waals surface area contributed by atoms with E-state index in [1.54, 1.807) is 12.1 Å². The van der Waals surface area contributed by atoms with Crippen LogP contribution in [0.3, 0.4) is 0 Å². The van der Waals surface area contributed by atoms with E-state index in [0.29, 0.717) is 29.4 Å². The summed E-state index contributed by atoms with van der Waals surface area (Å²) in [4.78, 5) is 45.2. The highest BCUT2D eigenvalue weighted by atomic mass is 35.5. The SMILES string of the molecule is O=C(c1ccc(Cl)cc1Cl)[C@@H]1[C@]2(C(=O)Nc3ccccc32)[C@@H]2CCCN2[C@@]12C(=O)Nc1ccccc12. The molecule has 0 saturated carbocycles. The van der Waals surface area contributed by atoms with Crippen LogP contribution >= 0.6 is 23.2 Å². The second-order valence-corrected chi connectivity index (χ2v) is 10.8. The molecule has 0 bridgehead atoms. The number of halogens is 2. The van der Waals surface area contributed by atoms with E-state index in [-0.39, 0.29) is 34.2 Å². The number of nitrogens with one attached hydrogen (secondary N) is 2. The van der Waals surface area contributed by atoms with Crippen LogP contribution in [0.1, 0.15) is 34.3 Å². The van der Waals surface area contributed by atoms with Crippen LogP contribution in [0.4, 0.5) is 11.4 Å². The summed E-state index contributed by atoms with van der Waals surface area (Å²) >= 11 is 12.7. The lowest BCUT2D eigenvalue weighted by Crippen LogP contribution is -2.55. The molecule has 3 aromatic rings. The molecule has 0 radical (unpaired) electrons. The Bertz CT molecular complexity index is 1430. The van der Waals surface area contributed by atoms with Gasteiger partial charge >= 0.3 is 0 Å². The predicted octanol–water partition coefficient (Wildman–Crippen LogP) is 5.01. The van der Waals surface area contributed by atoms with Crippen LogP contribution in [0.2, 0.25) is 10.0 Å². The molecule has 2 fully saturated rings. The molecular weight excluding hydrogens is 497 g/mol. The standard InChI is InChI=1S/C28H21Cl2N3O3/c29-15-11-12-16(19(30)14-15)23(34)24-27(17-6-1-3-8-20(17)31-25(27)35)22-10-5-13-33(22)28(24)18-7-2-4-9-21(18)32-26(28)36/h1-4,6-9,11-12,14,22,24H,5,10,13H2,(H,31,35)(H,32,36)/t22-,24+,27+,28+/m0/s1. The number of fused-ring (bicyclic) bond motifs is 7. The number of Topliss-reactive ketones (excluding diaryl/α,β-unsaturated/α-hetero) is 1. The van der Waals surface area contributed by atoms with E-state index in [4.69, 9.17) is 23.2 Å². The van der Waals surface area contributed by atoms with Gasteiger partial charge < -0.3 is 10.6 Å². The zero-order valence-electron chi connectivity index (χ0n) is 19.1. The first kappa shape index (κ1) is 22.0. The maximum absolute atomic E-state index is 14.7. The molecule has 36 heavy (non-hydrogen) atoms. The monoisotopic (exact) mass is 517 g/mol. The van der Waals surface area contributed by atoms with Gasteiger partial charge in [0.25, 0.3) is 0 Å². The van der Waals surface area contributed by atoms with Gasteiger partial charge in [0.1, 0.15) is 11.0 Å². The molecule has 0 aliphatic carbocycles. The molecule has 8 heteroatoms. The number of hydrogen-bond acceptors (Lipinski definition) is 4. The van der Waals surface area contributed by atoms with Gasteiger partial charge in [-0.2, -0.15) is 0 Å². The average Bonchev–Trinajstić information content (AvgIpc) is 3.58. The smallest absolute Gasteiger partial charge is 0.250 e. The second-order valence-electron chi connectivity index (χ2n) is 9.91. The van der Waals surface area contributed by atoms with Gasteiger partial charge in [0.15, 0.2) is 5.78 Å². The van der Waals surface area contributed by atoms with E-state index in [0.717, 1.165) is 17.5 Å². The first-order chi connectivity index (χ1) is 17.4. The maximum atomic E-state index is 14.7. The highest BCUT2D eigenvalue weighted by Gasteiger charge is 2.78. The van der Waals surface area contributed by atoms with Crippen LogP contribution < -0.4 is 10.6 Å². The van der Waals surface area contributed by atoms with Crippen LogP contribution in [-0.2, 0) is 20.5 Å². The quantitative estimate of drug-likeness (QED) is 0.468. The predicted molar refractivity (Wildman–Crippen MR) is 138 cm³/mol. The lowest BCUT2D eigenvalue weighted by atomic mass is 9.60. The van der Waals surface area contributed by atoms with Crippen molar-refractivity contribution in [3.05, 3.63) is 93.5 Å². The Balaban J connectivity index is 1.59. The van der Waals surface area contributed by atoms with Crippen LogP contribution in [0.25, 0.3) is 0 Å². The van der Waals surface area contributed by atoms with Gasteiger partial charge in [-0.25, -0.2) is 0 Å². The van der Waals surface area contributed by atoms with Crippen molar-refractivity contribution in [2.24, 2.45) is 5.92 Å². The van der Waals surface area contributed by atoms with Crippen LogP contribution in [0.5, 0.6) is 0 Å². The van der Waals surface area contributed by atoms with Gasteiger partial charge in [0, 0.05) is 33.6 Å². The highest BCUT2D eigenvalue weighted by Crippen LogP contribution is 2.66. The van der Waals surface area contributed by atoms with Gasteiger partial charge in [-0.05, 0) is 55.3 Å². The molecule has 4 aliphatic rings. The molecule has 180 valence electrons. The lowest BCUT2D eigenvalue weighted by molar-refractivity contribution is -0.128. The fourth-order valence-electron chi connectivity index (χ4n) is 7.35. The number of rotatable bonds is 2. The van der Waals surface area contributed by atoms with Crippen molar-refractivity contribution in [1.29, 1.82) is 0 Å². The Morgan fingerprint density at radius 1 is 0.889 bits per heavy atom. The van der Waals surface area contributed by atoms with Crippen LogP contribution in [0.15, 0.2) is 66.7 Å². The molecule has 2 N–H and O–H groups in total. The summed E-state index contributed by atoms with van der Waals surface area (Å²) < 4.78 is 0. The van der Waals surface area contributed by atoms with E-state index < -0.39 is 16.9 Å². The van der Waals surface area contributed by atoms with Gasteiger partial charge in [-0.1, -0.05) is 59.6 Å². The number of amides is 2. The molecule has 4 atom stereocenters. The Morgan fingerprint density at radius 2 is 1.56 bits per heavy atom. The molecule has 0 unspecified atom stereocenters. The third-order valence-electron chi connectivity index (χ3n) is 8.49. The van der Waals surface area contributed by atoms with Crippen molar-refractivity contribution in [3.63, 3.8) is 0 Å². The first-order valence-electron chi connectivity index (χ1n) is 12.0. The van der Waals surface area contributed by atoms with Gasteiger partial charge in [-0.3, -0.25) is 19.3 Å². The Labute approximate surface area is 217 Å². The summed E-state index contributed by atoms with van der Waals surface area (Å²) in [5.41, 5.74) is 0.452. The number of benzene rings is 3. The molecule has 4 aliphatic heterocycles. The first-order valence-corrected chi connectivity index (χ1v) is 12.7. The zero-order chi connectivity index (χ0) is 24.8. The number of carbonyl (C=O) groups is 3. The normalized spacial score (nSPS) is 29.8. The zero-order valence-corrected chi connectivity index (χ0v) is 20.6. The Kier molecular flexibility index (Phi) is 4.54. The summed E-state index contributed by atoms with van der Waals surface area (Å²) in [5, 5.41) is 6.67. The second kappa shape index (κ2) is 7.42. The number of ketones is 1. The summed E-state index contributed by atoms with van der Waals surface area (Å²) in [5.74, 6) is -1.92. The van der Waals surface area contributed by atoms with Crippen molar-refractivity contribution >= 4 is 52.2 Å². The molecule has 4 heterocycles. The van der Waals surface area contributed by atoms with Gasteiger partial charge in [0.2, 0.25) is 11.8 Å². The van der Waals surface area contributed by atoms with Gasteiger partial charge in [0.05, 0.1) is 10.9 Å². The molecule has 6 nitrogen and oxygen atoms in total. The number of nitrogens with zero attached hydrogens (tertiary/aromatic N) is 1. The minimum Gasteiger partial charge on any atom is -0.325 e. The van der Waals surface area contributed by atoms with E-state index in [2.05, 4.69) is 15.5 Å². The van der Waals surface area contributed by atoms with E-state index in [1.165, 1.54) is 6.07 Å². The summed E-state index contributed by atoms with van der Waals surface area (Å²) in [6, 6.07) is 19.4. The van der Waals surface area contributed by atoms with Crippen LogP contribution in [0, 0.1) is 5.92 Å². The third kappa shape index (κ3) is 2.45. The van der Waals surface area contributed by atoms with Crippen molar-refractivity contribution in [3.8, 4) is 0 Å². The van der Waals surface area contributed by atoms with Crippen LogP contribution in [-0.4, -0.2) is 35.1 Å². The fourth-order valence-corrected chi connectivity index (χ4v) is 7.85. The molecule has 7 rings (SSSR count). The van der Waals surface area contributed by atoms with Gasteiger partial charge in [-0.15, -0.1) is 0 Å². The molecule has 2 saturated heterocycles. The number of hydrogen-bond donors (Lipinski definition) is 2. The lowest BCUT2D eigenvalue weighted by Gasteiger charge is -2.38. The molecule has 3 aromatic carbocycles. The molecule has 0 aromatic heterocycles. The van der Waals surface area contributed by atoms with E-state index >= 15 is 0 Å². The molecular formula is C28H21Cl2N3O3. The fraction of sp³-hybridized carbons (Fsp3) is 0.250. The van der Waals surface area contributed by atoms with Crippen molar-refractivity contribution in [2.75, 3.05) is 17.2 Å². The topological polar surface area (TPSA) is 78.5 Å². The third-order valence-corrected chi connectivity index (χ3v) is 9.04. The average molecular weight is 518 g/mol. The van der Waals surface area contributed by atoms with Crippen molar-refractivity contribution < 1.29 is 14.4 Å². The van der Waals surface area contributed by atoms with Crippen molar-refractivity contribution in [2.45, 2.75) is 29.8 Å². The van der Waals surface area contributed by atoms with E-state index in [9.17, 15) is 14.4 Å². The van der Waals surface area contributed by atoms with E-state index in [1.807, 2.05) is 48.5 Å². The minimum absolute atomic E-state index is 0.197. The number of carbonyl (C=O) groups excluding carboxylic acids is 3. The Hall–Kier alpha value is -3.19. The number of anilines is 2. The maximum Gasteiger partial charge on any atom is 0.250 e. The highest BCUT2D eigenvalue weighted by molar-refractivity contribution is 6.37. The Morgan fingerprint density at radius 3 is 2.31 bits per heavy atom. The minimum atomic E-state index is -1.35. The summed E-state index contributed by atoms with van der Waals surface area (Å²) in [6.45, 7) is 0.599. The molecule has 2 amide bonds. The molecule has 2 spiro atoms. The van der Waals surface area contributed by atoms with Crippen molar-refractivity contribution in [1.82, 2.24) is 4.90 Å². The largest absolute Gasteiger partial charge is 0.325 e.